The second-order valence-electron chi connectivity index (χ2n) is 7.75. The van der Waals surface area contributed by atoms with Crippen molar-refractivity contribution in [3.8, 4) is 28.1 Å². The Balaban J connectivity index is 1.82. The highest BCUT2D eigenvalue weighted by Crippen LogP contribution is 2.37. The zero-order valence-corrected chi connectivity index (χ0v) is 17.9. The smallest absolute Gasteiger partial charge is 0.257 e. The van der Waals surface area contributed by atoms with Gasteiger partial charge in [0.2, 0.25) is 0 Å². The van der Waals surface area contributed by atoms with Gasteiger partial charge in [0.15, 0.2) is 5.78 Å². The van der Waals surface area contributed by atoms with Crippen LogP contribution in [0, 0.1) is 5.82 Å². The van der Waals surface area contributed by atoms with Gasteiger partial charge in [-0.15, -0.1) is 0 Å². The molecule has 0 radical (unpaired) electrons. The molecule has 0 bridgehead atoms. The number of hydrogen-bond acceptors (Lipinski definition) is 4. The average molecular weight is 428 g/mol. The van der Waals surface area contributed by atoms with Crippen molar-refractivity contribution in [2.45, 2.75) is 6.92 Å². The van der Waals surface area contributed by atoms with Crippen molar-refractivity contribution in [1.82, 2.24) is 9.88 Å². The van der Waals surface area contributed by atoms with Gasteiger partial charge in [0.25, 0.3) is 5.91 Å². The van der Waals surface area contributed by atoms with E-state index >= 15 is 0 Å². The minimum Gasteiger partial charge on any atom is -0.506 e. The minimum atomic E-state index is -0.574. The van der Waals surface area contributed by atoms with E-state index in [0.29, 0.717) is 27.8 Å². The molecular formula is C26H21FN2O3. The molecule has 0 saturated carbocycles. The van der Waals surface area contributed by atoms with Gasteiger partial charge >= 0.3 is 0 Å². The van der Waals surface area contributed by atoms with E-state index in [2.05, 4.69) is 4.98 Å². The molecule has 0 aliphatic carbocycles. The molecule has 0 saturated heterocycles. The Morgan fingerprint density at radius 2 is 1.59 bits per heavy atom. The molecule has 0 fully saturated rings. The summed E-state index contributed by atoms with van der Waals surface area (Å²) in [6, 6.07) is 17.0. The number of nitrogens with zero attached hydrogens (tertiary/aromatic N) is 2. The summed E-state index contributed by atoms with van der Waals surface area (Å²) < 4.78 is 14.2. The zero-order chi connectivity index (χ0) is 23.0. The number of carbonyl (C=O) groups excluding carboxylic acids is 2. The molecule has 1 heterocycles. The number of ketones is 1. The van der Waals surface area contributed by atoms with Crippen LogP contribution in [0.15, 0.2) is 66.9 Å². The van der Waals surface area contributed by atoms with Gasteiger partial charge in [0, 0.05) is 36.8 Å². The number of Topliss-reactive ketones (excluding diaryl/α,β-unsaturated/α-hetero) is 1. The first-order chi connectivity index (χ1) is 15.3. The van der Waals surface area contributed by atoms with Crippen LogP contribution >= 0.6 is 0 Å². The number of halogens is 1. The molecule has 4 aromatic rings. The molecule has 32 heavy (non-hydrogen) atoms. The first-order valence-corrected chi connectivity index (χ1v) is 10.0. The number of phenols is 1. The average Bonchev–Trinajstić information content (AvgIpc) is 2.79. The lowest BCUT2D eigenvalue weighted by atomic mass is 9.96. The minimum absolute atomic E-state index is 0.0481. The molecule has 1 amide bonds. The van der Waals surface area contributed by atoms with E-state index in [9.17, 15) is 19.1 Å². The van der Waals surface area contributed by atoms with Crippen LogP contribution in [0.4, 0.5) is 4.39 Å². The van der Waals surface area contributed by atoms with Gasteiger partial charge in [0.1, 0.15) is 11.6 Å². The molecule has 0 spiro atoms. The van der Waals surface area contributed by atoms with E-state index in [1.54, 1.807) is 56.7 Å². The normalized spacial score (nSPS) is 10.9. The van der Waals surface area contributed by atoms with E-state index in [1.165, 1.54) is 24.0 Å². The number of hydrogen-bond donors (Lipinski definition) is 1. The Hall–Kier alpha value is -4.06. The monoisotopic (exact) mass is 428 g/mol. The second kappa shape index (κ2) is 8.23. The standard InChI is InChI=1S/C26H21FN2O3/c1-15(30)18-10-8-16(12-23(18)27)17-9-11-24(28-14-17)21-13-22(26(32)29(2)3)25(31)20-7-5-4-6-19(20)21/h4-14,31H,1-3H3. The third-order valence-electron chi connectivity index (χ3n) is 5.37. The summed E-state index contributed by atoms with van der Waals surface area (Å²) >= 11 is 0. The maximum Gasteiger partial charge on any atom is 0.257 e. The molecule has 0 aliphatic rings. The van der Waals surface area contributed by atoms with Crippen molar-refractivity contribution < 1.29 is 19.1 Å². The highest BCUT2D eigenvalue weighted by molar-refractivity contribution is 6.08. The maximum absolute atomic E-state index is 14.2. The predicted molar refractivity (Wildman–Crippen MR) is 122 cm³/mol. The zero-order valence-electron chi connectivity index (χ0n) is 17.9. The Kier molecular flexibility index (Phi) is 5.45. The van der Waals surface area contributed by atoms with Gasteiger partial charge in [-0.05, 0) is 42.1 Å². The summed E-state index contributed by atoms with van der Waals surface area (Å²) in [5.74, 6) is -1.28. The topological polar surface area (TPSA) is 70.5 Å². The van der Waals surface area contributed by atoms with Crippen LogP contribution in [0.3, 0.4) is 0 Å². The lowest BCUT2D eigenvalue weighted by Gasteiger charge is -2.16. The number of phenolic OH excluding ortho intramolecular Hbond substituents is 1. The Labute approximate surface area is 184 Å². The van der Waals surface area contributed by atoms with Crippen LogP contribution in [-0.4, -0.2) is 40.8 Å². The van der Waals surface area contributed by atoms with E-state index in [4.69, 9.17) is 0 Å². The number of fused-ring (bicyclic) bond motifs is 1. The van der Waals surface area contributed by atoms with Crippen molar-refractivity contribution in [2.75, 3.05) is 14.1 Å². The van der Waals surface area contributed by atoms with Crippen molar-refractivity contribution in [1.29, 1.82) is 0 Å². The number of aromatic nitrogens is 1. The third-order valence-corrected chi connectivity index (χ3v) is 5.37. The van der Waals surface area contributed by atoms with Crippen molar-refractivity contribution in [2.24, 2.45) is 0 Å². The van der Waals surface area contributed by atoms with E-state index in [1.807, 2.05) is 12.1 Å². The van der Waals surface area contributed by atoms with Crippen LogP contribution < -0.4 is 0 Å². The molecule has 5 nitrogen and oxygen atoms in total. The molecule has 0 atom stereocenters. The second-order valence-corrected chi connectivity index (χ2v) is 7.75. The highest BCUT2D eigenvalue weighted by atomic mass is 19.1. The van der Waals surface area contributed by atoms with Crippen LogP contribution in [0.5, 0.6) is 5.75 Å². The number of benzene rings is 3. The summed E-state index contributed by atoms with van der Waals surface area (Å²) in [7, 11) is 3.25. The summed E-state index contributed by atoms with van der Waals surface area (Å²) in [6.45, 7) is 1.33. The Morgan fingerprint density at radius 1 is 0.906 bits per heavy atom. The van der Waals surface area contributed by atoms with E-state index in [0.717, 1.165) is 5.39 Å². The Bertz CT molecular complexity index is 1360. The van der Waals surface area contributed by atoms with Crippen molar-refractivity contribution in [3.63, 3.8) is 0 Å². The summed E-state index contributed by atoms with van der Waals surface area (Å²) in [6.07, 6.45) is 1.62. The molecule has 3 aromatic carbocycles. The van der Waals surface area contributed by atoms with Crippen molar-refractivity contribution in [3.05, 3.63) is 83.8 Å². The van der Waals surface area contributed by atoms with Gasteiger partial charge in [-0.2, -0.15) is 0 Å². The lowest BCUT2D eigenvalue weighted by Crippen LogP contribution is -2.21. The number of rotatable bonds is 4. The molecule has 4 rings (SSSR count). The largest absolute Gasteiger partial charge is 0.506 e. The lowest BCUT2D eigenvalue weighted by molar-refractivity contribution is 0.0824. The first kappa shape index (κ1) is 21.2. The number of aromatic hydroxyl groups is 1. The molecule has 160 valence electrons. The molecule has 1 aromatic heterocycles. The van der Waals surface area contributed by atoms with Crippen LogP contribution in [-0.2, 0) is 0 Å². The summed E-state index contributed by atoms with van der Waals surface area (Å²) in [5.41, 5.74) is 2.84. The molecule has 1 N–H and O–H groups in total. The van der Waals surface area contributed by atoms with Crippen LogP contribution in [0.1, 0.15) is 27.6 Å². The van der Waals surface area contributed by atoms with E-state index < -0.39 is 5.82 Å². The SMILES string of the molecule is CC(=O)c1ccc(-c2ccc(-c3cc(C(=O)N(C)C)c(O)c4ccccc34)nc2)cc1F. The van der Waals surface area contributed by atoms with Crippen LogP contribution in [0.25, 0.3) is 33.2 Å². The van der Waals surface area contributed by atoms with Crippen molar-refractivity contribution >= 4 is 22.5 Å². The molecular weight excluding hydrogens is 407 g/mol. The van der Waals surface area contributed by atoms with E-state index in [-0.39, 0.29) is 28.6 Å². The number of carbonyl (C=O) groups is 2. The van der Waals surface area contributed by atoms with Gasteiger partial charge in [-0.25, -0.2) is 4.39 Å². The summed E-state index contributed by atoms with van der Waals surface area (Å²) in [4.78, 5) is 30.0. The van der Waals surface area contributed by atoms with Gasteiger partial charge < -0.3 is 10.0 Å². The fourth-order valence-electron chi connectivity index (χ4n) is 3.68. The number of pyridine rings is 1. The summed E-state index contributed by atoms with van der Waals surface area (Å²) in [5, 5.41) is 12.0. The van der Waals surface area contributed by atoms with Gasteiger partial charge in [-0.3, -0.25) is 14.6 Å². The molecule has 0 aliphatic heterocycles. The number of amides is 1. The fourth-order valence-corrected chi connectivity index (χ4v) is 3.68. The Morgan fingerprint density at radius 3 is 2.19 bits per heavy atom. The maximum atomic E-state index is 14.2. The third kappa shape index (κ3) is 3.71. The van der Waals surface area contributed by atoms with Gasteiger partial charge in [0.05, 0.1) is 16.8 Å². The van der Waals surface area contributed by atoms with Gasteiger partial charge in [-0.1, -0.05) is 36.4 Å². The fraction of sp³-hybridized carbons (Fsp3) is 0.115. The van der Waals surface area contributed by atoms with Crippen LogP contribution in [0.2, 0.25) is 0 Å². The predicted octanol–water partition coefficient (Wildman–Crippen LogP) is 5.32. The highest BCUT2D eigenvalue weighted by Gasteiger charge is 2.19. The first-order valence-electron chi connectivity index (χ1n) is 10.0. The molecule has 6 heteroatoms. The molecule has 0 unspecified atom stereocenters. The quantitative estimate of drug-likeness (QED) is 0.447.